The number of ether oxygens (including phenoxy) is 1. The number of nitrogens with zero attached hydrogens (tertiary/aromatic N) is 1. The van der Waals surface area contributed by atoms with E-state index in [-0.39, 0.29) is 18.0 Å². The molecule has 0 aromatic heterocycles. The van der Waals surface area contributed by atoms with Crippen LogP contribution < -0.4 is 4.74 Å². The fraction of sp³-hybridized carbons (Fsp3) is 0.316. The van der Waals surface area contributed by atoms with Crippen molar-refractivity contribution < 1.29 is 14.6 Å². The van der Waals surface area contributed by atoms with Crippen LogP contribution in [0.2, 0.25) is 0 Å². The van der Waals surface area contributed by atoms with E-state index >= 15 is 0 Å². The average molecular weight is 311 g/mol. The Morgan fingerprint density at radius 2 is 1.78 bits per heavy atom. The summed E-state index contributed by atoms with van der Waals surface area (Å²) >= 11 is 0. The minimum absolute atomic E-state index is 0.0537. The number of methoxy groups -OCH3 is 1. The molecule has 1 heterocycles. The summed E-state index contributed by atoms with van der Waals surface area (Å²) in [5.41, 5.74) is 2.01. The second-order valence-electron chi connectivity index (χ2n) is 5.74. The second-order valence-corrected chi connectivity index (χ2v) is 5.74. The van der Waals surface area contributed by atoms with Crippen LogP contribution in [-0.4, -0.2) is 29.1 Å². The van der Waals surface area contributed by atoms with Gasteiger partial charge < -0.3 is 14.7 Å². The maximum absolute atomic E-state index is 12.3. The van der Waals surface area contributed by atoms with Crippen molar-refractivity contribution in [2.45, 2.75) is 31.5 Å². The van der Waals surface area contributed by atoms with Gasteiger partial charge in [-0.3, -0.25) is 4.79 Å². The third-order valence-electron chi connectivity index (χ3n) is 4.47. The molecule has 1 saturated heterocycles. The maximum Gasteiger partial charge on any atom is 0.255 e. The zero-order valence-corrected chi connectivity index (χ0v) is 13.3. The molecule has 120 valence electrons. The summed E-state index contributed by atoms with van der Waals surface area (Å²) in [7, 11) is 1.63. The maximum atomic E-state index is 12.3. The summed E-state index contributed by atoms with van der Waals surface area (Å²) in [5.74, 6) is 0.583. The highest BCUT2D eigenvalue weighted by Gasteiger charge is 2.49. The second kappa shape index (κ2) is 6.42. The number of aliphatic hydroxyl groups excluding tert-OH is 1. The summed E-state index contributed by atoms with van der Waals surface area (Å²) in [6.07, 6.45) is -0.168. The van der Waals surface area contributed by atoms with E-state index in [0.29, 0.717) is 0 Å². The molecule has 3 atom stereocenters. The Bertz CT molecular complexity index is 669. The topological polar surface area (TPSA) is 49.8 Å². The summed E-state index contributed by atoms with van der Waals surface area (Å²) < 4.78 is 5.19. The molecule has 23 heavy (non-hydrogen) atoms. The number of carbonyl (C=O) groups excluding carboxylic acids is 1. The molecule has 4 heteroatoms. The van der Waals surface area contributed by atoms with Crippen molar-refractivity contribution in [3.63, 3.8) is 0 Å². The van der Waals surface area contributed by atoms with Gasteiger partial charge in [-0.25, -0.2) is 0 Å². The van der Waals surface area contributed by atoms with Crippen molar-refractivity contribution in [2.24, 2.45) is 0 Å². The van der Waals surface area contributed by atoms with E-state index < -0.39 is 6.10 Å². The largest absolute Gasteiger partial charge is 0.497 e. The molecular weight excluding hydrogens is 290 g/mol. The molecule has 0 spiro atoms. The van der Waals surface area contributed by atoms with Gasteiger partial charge in [0.05, 0.1) is 19.2 Å². The predicted octanol–water partition coefficient (Wildman–Crippen LogP) is 3.09. The van der Waals surface area contributed by atoms with Gasteiger partial charge >= 0.3 is 0 Å². The molecule has 2 aromatic carbocycles. The molecular formula is C19H21NO3. The minimum atomic E-state index is -0.954. The number of rotatable bonds is 5. The van der Waals surface area contributed by atoms with Crippen molar-refractivity contribution in [1.82, 2.24) is 4.90 Å². The lowest BCUT2D eigenvalue weighted by Crippen LogP contribution is -2.59. The van der Waals surface area contributed by atoms with Crippen LogP contribution >= 0.6 is 0 Å². The Morgan fingerprint density at radius 1 is 1.13 bits per heavy atom. The summed E-state index contributed by atoms with van der Waals surface area (Å²) in [5, 5.41) is 10.2. The summed E-state index contributed by atoms with van der Waals surface area (Å²) in [6.45, 7) is 2.05. The molecule has 0 aliphatic carbocycles. The Labute approximate surface area is 136 Å². The number of carbonyl (C=O) groups is 1. The molecule has 1 N–H and O–H groups in total. The first-order valence-corrected chi connectivity index (χ1v) is 7.86. The molecule has 1 aliphatic rings. The van der Waals surface area contributed by atoms with E-state index in [0.717, 1.165) is 23.3 Å². The molecule has 0 radical (unpaired) electrons. The first-order chi connectivity index (χ1) is 11.2. The summed E-state index contributed by atoms with van der Waals surface area (Å²) in [6, 6.07) is 17.1. The number of aliphatic hydroxyl groups is 1. The van der Waals surface area contributed by atoms with Gasteiger partial charge in [-0.1, -0.05) is 49.4 Å². The molecule has 1 aliphatic heterocycles. The van der Waals surface area contributed by atoms with Crippen molar-refractivity contribution in [2.75, 3.05) is 7.11 Å². The Kier molecular flexibility index (Phi) is 4.35. The van der Waals surface area contributed by atoms with Crippen LogP contribution in [0.5, 0.6) is 5.75 Å². The Balaban J connectivity index is 1.91. The Morgan fingerprint density at radius 3 is 2.35 bits per heavy atom. The number of likely N-dealkylation sites (tertiary alicyclic amines) is 1. The van der Waals surface area contributed by atoms with Gasteiger partial charge in [0.25, 0.3) is 5.91 Å². The highest BCUT2D eigenvalue weighted by atomic mass is 16.5. The molecule has 1 fully saturated rings. The molecule has 4 nitrogen and oxygen atoms in total. The van der Waals surface area contributed by atoms with E-state index in [9.17, 15) is 9.90 Å². The highest BCUT2D eigenvalue weighted by molar-refractivity contribution is 5.89. The van der Waals surface area contributed by atoms with Gasteiger partial charge in [0, 0.05) is 0 Å². The quantitative estimate of drug-likeness (QED) is 0.863. The normalized spacial score (nSPS) is 21.7. The van der Waals surface area contributed by atoms with E-state index in [1.807, 2.05) is 54.6 Å². The van der Waals surface area contributed by atoms with Crippen molar-refractivity contribution in [3.05, 3.63) is 65.7 Å². The van der Waals surface area contributed by atoms with Crippen LogP contribution in [0.4, 0.5) is 0 Å². The van der Waals surface area contributed by atoms with Crippen LogP contribution in [-0.2, 0) is 4.79 Å². The fourth-order valence-electron chi connectivity index (χ4n) is 3.25. The van der Waals surface area contributed by atoms with Crippen molar-refractivity contribution in [1.29, 1.82) is 0 Å². The lowest BCUT2D eigenvalue weighted by atomic mass is 9.86. The van der Waals surface area contributed by atoms with Crippen molar-refractivity contribution in [3.8, 4) is 5.75 Å². The predicted molar refractivity (Wildman–Crippen MR) is 88.1 cm³/mol. The van der Waals surface area contributed by atoms with E-state index in [2.05, 4.69) is 6.92 Å². The highest BCUT2D eigenvalue weighted by Crippen LogP contribution is 2.43. The smallest absolute Gasteiger partial charge is 0.255 e. The third-order valence-corrected chi connectivity index (χ3v) is 4.47. The summed E-state index contributed by atoms with van der Waals surface area (Å²) in [4.78, 5) is 14.1. The number of benzene rings is 2. The Hall–Kier alpha value is -2.33. The van der Waals surface area contributed by atoms with Crippen LogP contribution in [0.15, 0.2) is 54.6 Å². The van der Waals surface area contributed by atoms with Gasteiger partial charge in [0.1, 0.15) is 5.75 Å². The molecule has 1 amide bonds. The molecule has 2 aromatic rings. The first-order valence-electron chi connectivity index (χ1n) is 7.86. The number of hydrogen-bond acceptors (Lipinski definition) is 3. The van der Waals surface area contributed by atoms with Gasteiger partial charge in [-0.15, -0.1) is 0 Å². The number of hydrogen-bond donors (Lipinski definition) is 1. The van der Waals surface area contributed by atoms with Gasteiger partial charge in [-0.05, 0) is 29.7 Å². The molecule has 2 unspecified atom stereocenters. The van der Waals surface area contributed by atoms with Crippen LogP contribution in [0.25, 0.3) is 0 Å². The monoisotopic (exact) mass is 311 g/mol. The van der Waals surface area contributed by atoms with Crippen LogP contribution in [0.3, 0.4) is 0 Å². The third kappa shape index (κ3) is 2.70. The molecule has 0 bridgehead atoms. The minimum Gasteiger partial charge on any atom is -0.497 e. The molecule has 3 rings (SSSR count). The van der Waals surface area contributed by atoms with E-state index in [1.54, 1.807) is 12.0 Å². The standard InChI is InChI=1S/C19H21NO3/c1-3-16(13-9-11-15(23-2)12-10-13)20-17(18(21)19(20)22)14-7-5-4-6-8-14/h4-12,16-18,21H,3H2,1-2H3/t16-,17?,18?/m0/s1. The molecule has 0 saturated carbocycles. The number of β-lactam (4-membered cyclic amide) rings is 1. The zero-order valence-electron chi connectivity index (χ0n) is 13.3. The van der Waals surface area contributed by atoms with Crippen LogP contribution in [0, 0.1) is 0 Å². The lowest BCUT2D eigenvalue weighted by molar-refractivity contribution is -0.173. The SMILES string of the molecule is CC[C@@H](c1ccc(OC)cc1)N1C(=O)C(O)C1c1ccccc1. The zero-order chi connectivity index (χ0) is 16.4. The van der Waals surface area contributed by atoms with Gasteiger partial charge in [-0.2, -0.15) is 0 Å². The fourth-order valence-corrected chi connectivity index (χ4v) is 3.25. The van der Waals surface area contributed by atoms with Crippen LogP contribution in [0.1, 0.15) is 36.6 Å². The average Bonchev–Trinajstić information content (AvgIpc) is 2.62. The van der Waals surface area contributed by atoms with Crippen molar-refractivity contribution >= 4 is 5.91 Å². The lowest BCUT2D eigenvalue weighted by Gasteiger charge is -2.49. The van der Waals surface area contributed by atoms with E-state index in [4.69, 9.17) is 4.74 Å². The van der Waals surface area contributed by atoms with E-state index in [1.165, 1.54) is 0 Å². The first kappa shape index (κ1) is 15.6. The van der Waals surface area contributed by atoms with Gasteiger partial charge in [0.2, 0.25) is 0 Å². The number of amides is 1. The van der Waals surface area contributed by atoms with Gasteiger partial charge in [0.15, 0.2) is 6.10 Å².